The molecule has 40 heavy (non-hydrogen) atoms. The molecule has 1 unspecified atom stereocenters. The summed E-state index contributed by atoms with van der Waals surface area (Å²) < 4.78 is 6.13. The van der Waals surface area contributed by atoms with Crippen molar-refractivity contribution in [3.63, 3.8) is 0 Å². The van der Waals surface area contributed by atoms with Gasteiger partial charge in [-0.1, -0.05) is 11.3 Å². The van der Waals surface area contributed by atoms with Gasteiger partial charge in [0.25, 0.3) is 0 Å². The number of rotatable bonds is 8. The lowest BCUT2D eigenvalue weighted by Crippen LogP contribution is -2.49. The normalized spacial score (nSPS) is 15.9. The molecule has 0 saturated carbocycles. The van der Waals surface area contributed by atoms with Gasteiger partial charge in [0.15, 0.2) is 0 Å². The number of ether oxygens (including phenoxy) is 1. The summed E-state index contributed by atoms with van der Waals surface area (Å²) in [5.41, 5.74) is 2.19. The summed E-state index contributed by atoms with van der Waals surface area (Å²) >= 11 is 2.81. The van der Waals surface area contributed by atoms with Gasteiger partial charge in [-0.25, -0.2) is 14.8 Å². The van der Waals surface area contributed by atoms with Gasteiger partial charge in [-0.3, -0.25) is 9.59 Å². The van der Waals surface area contributed by atoms with Crippen LogP contribution >= 0.6 is 22.7 Å². The fourth-order valence-corrected chi connectivity index (χ4v) is 6.90. The van der Waals surface area contributed by atoms with E-state index in [1.807, 2.05) is 18.2 Å². The zero-order chi connectivity index (χ0) is 28.4. The van der Waals surface area contributed by atoms with Crippen LogP contribution in [-0.4, -0.2) is 56.9 Å². The van der Waals surface area contributed by atoms with Crippen LogP contribution in [0.4, 0.5) is 16.3 Å². The van der Waals surface area contributed by atoms with Gasteiger partial charge in [0.1, 0.15) is 28.6 Å². The Morgan fingerprint density at radius 2 is 2.08 bits per heavy atom. The van der Waals surface area contributed by atoms with Crippen LogP contribution in [0.15, 0.2) is 29.3 Å². The van der Waals surface area contributed by atoms with E-state index in [-0.39, 0.29) is 29.7 Å². The van der Waals surface area contributed by atoms with Gasteiger partial charge >= 0.3 is 11.0 Å². The van der Waals surface area contributed by atoms with Crippen molar-refractivity contribution >= 4 is 66.6 Å². The highest BCUT2D eigenvalue weighted by Gasteiger charge is 2.28. The number of aliphatic hydroxyl groups excluding tert-OH is 1. The molecule has 1 aromatic carbocycles. The maximum absolute atomic E-state index is 12.8. The second-order valence-electron chi connectivity index (χ2n) is 10.8. The molecule has 0 fully saturated rings. The maximum Gasteiger partial charge on any atom is 0.408 e. The monoisotopic (exact) mass is 584 g/mol. The van der Waals surface area contributed by atoms with Crippen molar-refractivity contribution in [1.29, 1.82) is 0 Å². The van der Waals surface area contributed by atoms with Gasteiger partial charge in [0.05, 0.1) is 15.6 Å². The summed E-state index contributed by atoms with van der Waals surface area (Å²) in [6.07, 6.45) is 3.46. The number of hydrogen-bond donors (Lipinski definition) is 5. The van der Waals surface area contributed by atoms with Gasteiger partial charge in [-0.05, 0) is 76.1 Å². The lowest BCUT2D eigenvalue weighted by molar-refractivity contribution is -0.123. The molecule has 3 aromatic heterocycles. The minimum absolute atomic E-state index is 0.0857. The van der Waals surface area contributed by atoms with Gasteiger partial charge < -0.3 is 30.8 Å². The third-order valence-corrected chi connectivity index (χ3v) is 8.63. The van der Waals surface area contributed by atoms with E-state index < -0.39 is 17.7 Å². The van der Waals surface area contributed by atoms with E-state index in [2.05, 4.69) is 30.9 Å². The van der Waals surface area contributed by atoms with Crippen LogP contribution < -0.4 is 20.8 Å². The van der Waals surface area contributed by atoms with Crippen LogP contribution in [0.25, 0.3) is 20.4 Å². The van der Waals surface area contributed by atoms with Crippen molar-refractivity contribution in [1.82, 2.24) is 25.6 Å². The molecule has 0 saturated heterocycles. The zero-order valence-electron chi connectivity index (χ0n) is 22.5. The fraction of sp³-hybridized carbons (Fsp3) is 0.444. The van der Waals surface area contributed by atoms with Crippen molar-refractivity contribution in [3.8, 4) is 0 Å². The SMILES string of the molecule is CC(C)(C)OC(=O)NC(CCO)C(=O)NC[C@@H]1CCc2c(sc3ncnc(Nc4ccc5[nH]c(=O)sc5c4)c23)C1. The highest BCUT2D eigenvalue weighted by molar-refractivity contribution is 7.19. The first kappa shape index (κ1) is 28.0. The number of alkyl carbamates (subject to hydrolysis) is 1. The third kappa shape index (κ3) is 6.43. The second-order valence-corrected chi connectivity index (χ2v) is 12.9. The Hall–Kier alpha value is -3.55. The molecule has 1 aliphatic rings. The van der Waals surface area contributed by atoms with Gasteiger partial charge in [-0.2, -0.15) is 0 Å². The largest absolute Gasteiger partial charge is 0.444 e. The highest BCUT2D eigenvalue weighted by atomic mass is 32.1. The van der Waals surface area contributed by atoms with Crippen LogP contribution in [0, 0.1) is 5.92 Å². The number of carbonyl (C=O) groups excluding carboxylic acids is 2. The van der Waals surface area contributed by atoms with Crippen LogP contribution in [0.5, 0.6) is 0 Å². The van der Waals surface area contributed by atoms with Crippen LogP contribution in [0.1, 0.15) is 44.1 Å². The van der Waals surface area contributed by atoms with Crippen molar-refractivity contribution in [2.75, 3.05) is 18.5 Å². The Morgan fingerprint density at radius 3 is 2.85 bits per heavy atom. The number of nitrogens with zero attached hydrogens (tertiary/aromatic N) is 2. The van der Waals surface area contributed by atoms with Crippen molar-refractivity contribution < 1.29 is 19.4 Å². The van der Waals surface area contributed by atoms with Crippen LogP contribution in [0.2, 0.25) is 0 Å². The first-order valence-electron chi connectivity index (χ1n) is 13.1. The number of anilines is 2. The molecule has 0 spiro atoms. The minimum atomic E-state index is -0.876. The Kier molecular flexibility index (Phi) is 8.06. The number of aliphatic hydroxyl groups is 1. The first-order chi connectivity index (χ1) is 19.1. The molecule has 3 heterocycles. The molecule has 0 aliphatic heterocycles. The van der Waals surface area contributed by atoms with Crippen molar-refractivity contribution in [2.45, 2.75) is 58.1 Å². The summed E-state index contributed by atoms with van der Waals surface area (Å²) in [4.78, 5) is 50.6. The quantitative estimate of drug-likeness (QED) is 0.209. The molecule has 1 aliphatic carbocycles. The lowest BCUT2D eigenvalue weighted by Gasteiger charge is -2.25. The topological polar surface area (TPSA) is 158 Å². The van der Waals surface area contributed by atoms with E-state index in [0.29, 0.717) is 6.54 Å². The number of fused-ring (bicyclic) bond motifs is 4. The number of thiophene rings is 1. The molecular formula is C27H32N6O5S2. The number of benzene rings is 1. The van der Waals surface area contributed by atoms with E-state index in [4.69, 9.17) is 4.74 Å². The third-order valence-electron chi connectivity index (χ3n) is 6.62. The van der Waals surface area contributed by atoms with Gasteiger partial charge in [0, 0.05) is 23.7 Å². The summed E-state index contributed by atoms with van der Waals surface area (Å²) in [7, 11) is 0. The number of thiazole rings is 1. The van der Waals surface area contributed by atoms with Crippen molar-refractivity contribution in [2.24, 2.45) is 5.92 Å². The van der Waals surface area contributed by atoms with E-state index in [0.717, 1.165) is 51.2 Å². The zero-order valence-corrected chi connectivity index (χ0v) is 24.1. The standard InChI is InChI=1S/C27H32N6O5S2/c1-27(2,3)38-25(36)32-18(8-9-34)23(35)28-12-14-4-6-16-19(10-14)39-24-21(16)22(29-13-30-24)31-15-5-7-17-20(11-15)40-26(37)33-17/h5,7,11,13-14,18,34H,4,6,8-10,12H2,1-3H3,(H,28,35)(H,32,36)(H,33,37)(H,29,30,31)/t14-,18?/m1/s1. The summed E-state index contributed by atoms with van der Waals surface area (Å²) in [6.45, 7) is 5.46. The lowest BCUT2D eigenvalue weighted by atomic mass is 9.87. The molecule has 5 N–H and O–H groups in total. The number of amides is 2. The van der Waals surface area contributed by atoms with E-state index in [1.165, 1.54) is 21.8 Å². The highest BCUT2D eigenvalue weighted by Crippen LogP contribution is 2.40. The number of H-pyrrole nitrogens is 1. The number of aromatic nitrogens is 3. The van der Waals surface area contributed by atoms with Crippen LogP contribution in [0.3, 0.4) is 0 Å². The van der Waals surface area contributed by atoms with E-state index in [9.17, 15) is 19.5 Å². The Labute approximate surface area is 238 Å². The summed E-state index contributed by atoms with van der Waals surface area (Å²) in [5.74, 6) is 0.615. The molecule has 13 heteroatoms. The molecule has 4 aromatic rings. The summed E-state index contributed by atoms with van der Waals surface area (Å²) in [5, 5.41) is 19.3. The average molecular weight is 585 g/mol. The molecule has 0 bridgehead atoms. The second kappa shape index (κ2) is 11.5. The molecule has 2 atom stereocenters. The van der Waals surface area contributed by atoms with Crippen LogP contribution in [-0.2, 0) is 22.4 Å². The molecular weight excluding hydrogens is 552 g/mol. The summed E-state index contributed by atoms with van der Waals surface area (Å²) in [6, 6.07) is 4.85. The molecule has 11 nitrogen and oxygen atoms in total. The Bertz CT molecular complexity index is 1600. The molecule has 0 radical (unpaired) electrons. The molecule has 212 valence electrons. The van der Waals surface area contributed by atoms with E-state index >= 15 is 0 Å². The first-order valence-corrected chi connectivity index (χ1v) is 14.8. The van der Waals surface area contributed by atoms with Gasteiger partial charge in [-0.15, -0.1) is 11.3 Å². The minimum Gasteiger partial charge on any atom is -0.444 e. The average Bonchev–Trinajstić information content (AvgIpc) is 3.45. The van der Waals surface area contributed by atoms with Crippen molar-refractivity contribution in [3.05, 3.63) is 44.6 Å². The number of aromatic amines is 1. The predicted molar refractivity (Wildman–Crippen MR) is 157 cm³/mol. The number of nitrogens with one attached hydrogen (secondary N) is 4. The fourth-order valence-electron chi connectivity index (χ4n) is 4.82. The Balaban J connectivity index is 1.25. The maximum atomic E-state index is 12.8. The number of carbonyl (C=O) groups is 2. The number of aryl methyl sites for hydroxylation is 1. The Morgan fingerprint density at radius 1 is 1.25 bits per heavy atom. The smallest absolute Gasteiger partial charge is 0.408 e. The molecule has 5 rings (SSSR count). The van der Waals surface area contributed by atoms with Gasteiger partial charge in [0.2, 0.25) is 5.91 Å². The van der Waals surface area contributed by atoms with E-state index in [1.54, 1.807) is 38.4 Å². The number of hydrogen-bond acceptors (Lipinski definition) is 10. The predicted octanol–water partition coefficient (Wildman–Crippen LogP) is 3.83. The molecule has 2 amide bonds.